The molecule has 0 saturated heterocycles. The lowest BCUT2D eigenvalue weighted by atomic mass is 10.1. The van der Waals surface area contributed by atoms with Gasteiger partial charge in [-0.05, 0) is 50.1 Å². The van der Waals surface area contributed by atoms with Gasteiger partial charge in [-0.1, -0.05) is 25.0 Å². The molecule has 9 heteroatoms. The van der Waals surface area contributed by atoms with Gasteiger partial charge in [0.05, 0.1) is 24.0 Å². The second-order valence-corrected chi connectivity index (χ2v) is 8.49. The monoisotopic (exact) mass is 472 g/mol. The van der Waals surface area contributed by atoms with Gasteiger partial charge in [-0.15, -0.1) is 0 Å². The summed E-state index contributed by atoms with van der Waals surface area (Å²) >= 11 is 0. The summed E-state index contributed by atoms with van der Waals surface area (Å²) in [5.74, 6) is 2.41. The smallest absolute Gasteiger partial charge is 0.258 e. The Morgan fingerprint density at radius 3 is 2.74 bits per heavy atom. The van der Waals surface area contributed by atoms with Crippen LogP contribution in [0.2, 0.25) is 0 Å². The van der Waals surface area contributed by atoms with Gasteiger partial charge in [0.25, 0.3) is 5.91 Å². The molecule has 0 spiro atoms. The molecule has 5 rings (SSSR count). The molecule has 180 valence electrons. The molecule has 35 heavy (non-hydrogen) atoms. The molecule has 0 aliphatic heterocycles. The fourth-order valence-corrected chi connectivity index (χ4v) is 4.26. The number of aromatic nitrogens is 4. The molecule has 3 N–H and O–H groups in total. The first kappa shape index (κ1) is 22.6. The van der Waals surface area contributed by atoms with Crippen LogP contribution in [-0.4, -0.2) is 45.3 Å². The number of H-pyrrole nitrogens is 1. The third kappa shape index (κ3) is 5.51. The maximum absolute atomic E-state index is 12.3. The Bertz CT molecular complexity index is 1300. The Kier molecular flexibility index (Phi) is 6.74. The van der Waals surface area contributed by atoms with Crippen LogP contribution in [-0.2, 0) is 4.79 Å². The standard InChI is InChI=1S/C26H28N6O3/c1-2-34-21-10-11-23-22(13-21)26(30-19-14-27-28-15-19)32-25(31-23)17-6-5-9-20(12-17)35-16-24(33)29-18-7-3-4-8-18/h5-6,9-15,18H,2-4,7-8,16H2,1H3,(H,27,28)(H,29,33)(H,30,31,32). The average molecular weight is 473 g/mol. The summed E-state index contributed by atoms with van der Waals surface area (Å²) < 4.78 is 11.4. The quantitative estimate of drug-likeness (QED) is 0.326. The molecule has 1 aliphatic carbocycles. The Balaban J connectivity index is 1.40. The molecule has 0 radical (unpaired) electrons. The van der Waals surface area contributed by atoms with Crippen molar-refractivity contribution in [2.24, 2.45) is 0 Å². The molecule has 1 saturated carbocycles. The van der Waals surface area contributed by atoms with Crippen LogP contribution in [0.4, 0.5) is 11.5 Å². The number of hydrogen-bond donors (Lipinski definition) is 3. The van der Waals surface area contributed by atoms with Crippen molar-refractivity contribution < 1.29 is 14.3 Å². The summed E-state index contributed by atoms with van der Waals surface area (Å²) in [4.78, 5) is 21.8. The lowest BCUT2D eigenvalue weighted by Crippen LogP contribution is -2.36. The maximum atomic E-state index is 12.3. The molecule has 1 fully saturated rings. The number of rotatable bonds is 9. The Morgan fingerprint density at radius 2 is 1.94 bits per heavy atom. The molecular weight excluding hydrogens is 444 g/mol. The highest BCUT2D eigenvalue weighted by Crippen LogP contribution is 2.31. The summed E-state index contributed by atoms with van der Waals surface area (Å²) in [5.41, 5.74) is 2.33. The number of fused-ring (bicyclic) bond motifs is 1. The van der Waals surface area contributed by atoms with E-state index in [1.165, 1.54) is 12.8 Å². The zero-order chi connectivity index (χ0) is 24.0. The lowest BCUT2D eigenvalue weighted by Gasteiger charge is -2.13. The van der Waals surface area contributed by atoms with E-state index in [0.29, 0.717) is 24.0 Å². The lowest BCUT2D eigenvalue weighted by molar-refractivity contribution is -0.123. The number of aromatic amines is 1. The molecule has 0 bridgehead atoms. The number of nitrogens with one attached hydrogen (secondary N) is 3. The van der Waals surface area contributed by atoms with E-state index >= 15 is 0 Å². The van der Waals surface area contributed by atoms with Gasteiger partial charge in [0.1, 0.15) is 17.3 Å². The number of benzene rings is 2. The number of amides is 1. The van der Waals surface area contributed by atoms with E-state index < -0.39 is 0 Å². The van der Waals surface area contributed by atoms with Crippen molar-refractivity contribution in [3.63, 3.8) is 0 Å². The zero-order valence-corrected chi connectivity index (χ0v) is 19.6. The van der Waals surface area contributed by atoms with Gasteiger partial charge in [0.15, 0.2) is 12.4 Å². The van der Waals surface area contributed by atoms with E-state index in [0.717, 1.165) is 40.7 Å². The minimum Gasteiger partial charge on any atom is -0.494 e. The minimum absolute atomic E-state index is 0.0218. The fraction of sp³-hybridized carbons (Fsp3) is 0.308. The molecule has 1 aliphatic rings. The first-order chi connectivity index (χ1) is 17.2. The summed E-state index contributed by atoms with van der Waals surface area (Å²) in [6.07, 6.45) is 7.87. The van der Waals surface area contributed by atoms with Gasteiger partial charge >= 0.3 is 0 Å². The summed E-state index contributed by atoms with van der Waals surface area (Å²) in [5, 5.41) is 14.0. The number of carbonyl (C=O) groups excluding carboxylic acids is 1. The molecular formula is C26H28N6O3. The van der Waals surface area contributed by atoms with Crippen molar-refractivity contribution in [2.45, 2.75) is 38.6 Å². The molecule has 1 amide bonds. The predicted octanol–water partition coefficient (Wildman–Crippen LogP) is 4.60. The number of nitrogens with zero attached hydrogens (tertiary/aromatic N) is 3. The first-order valence-corrected chi connectivity index (χ1v) is 11.9. The number of carbonyl (C=O) groups is 1. The normalized spacial score (nSPS) is 13.6. The van der Waals surface area contributed by atoms with Crippen molar-refractivity contribution in [1.82, 2.24) is 25.5 Å². The van der Waals surface area contributed by atoms with Crippen molar-refractivity contribution in [1.29, 1.82) is 0 Å². The van der Waals surface area contributed by atoms with Gasteiger partial charge in [-0.3, -0.25) is 9.89 Å². The maximum Gasteiger partial charge on any atom is 0.258 e. The van der Waals surface area contributed by atoms with Gasteiger partial charge in [-0.25, -0.2) is 9.97 Å². The van der Waals surface area contributed by atoms with Crippen molar-refractivity contribution in [2.75, 3.05) is 18.5 Å². The molecule has 9 nitrogen and oxygen atoms in total. The Labute approximate surface area is 203 Å². The van der Waals surface area contributed by atoms with Gasteiger partial charge in [-0.2, -0.15) is 5.10 Å². The van der Waals surface area contributed by atoms with E-state index in [9.17, 15) is 4.79 Å². The zero-order valence-electron chi connectivity index (χ0n) is 19.6. The molecule has 2 heterocycles. The largest absolute Gasteiger partial charge is 0.494 e. The van der Waals surface area contributed by atoms with Crippen LogP contribution >= 0.6 is 0 Å². The van der Waals surface area contributed by atoms with Crippen LogP contribution in [0.5, 0.6) is 11.5 Å². The molecule has 0 atom stereocenters. The van der Waals surface area contributed by atoms with E-state index in [-0.39, 0.29) is 18.6 Å². The highest BCUT2D eigenvalue weighted by atomic mass is 16.5. The van der Waals surface area contributed by atoms with E-state index in [1.807, 2.05) is 49.4 Å². The Morgan fingerprint density at radius 1 is 1.09 bits per heavy atom. The van der Waals surface area contributed by atoms with Crippen LogP contribution in [0, 0.1) is 0 Å². The van der Waals surface area contributed by atoms with Crippen LogP contribution in [0.15, 0.2) is 54.9 Å². The molecule has 0 unspecified atom stereocenters. The molecule has 2 aromatic carbocycles. The molecule has 2 aromatic heterocycles. The van der Waals surface area contributed by atoms with Gasteiger partial charge in [0, 0.05) is 23.2 Å². The summed E-state index contributed by atoms with van der Waals surface area (Å²) in [6, 6.07) is 13.5. The number of anilines is 2. The topological polar surface area (TPSA) is 114 Å². The number of ether oxygens (including phenoxy) is 2. The summed E-state index contributed by atoms with van der Waals surface area (Å²) in [6.45, 7) is 2.49. The Hall–Kier alpha value is -4.14. The number of hydrogen-bond acceptors (Lipinski definition) is 7. The predicted molar refractivity (Wildman–Crippen MR) is 134 cm³/mol. The highest BCUT2D eigenvalue weighted by molar-refractivity contribution is 5.93. The fourth-order valence-electron chi connectivity index (χ4n) is 4.26. The van der Waals surface area contributed by atoms with Crippen LogP contribution in [0.25, 0.3) is 22.3 Å². The van der Waals surface area contributed by atoms with Gasteiger partial charge in [0.2, 0.25) is 0 Å². The second-order valence-electron chi connectivity index (χ2n) is 8.49. The van der Waals surface area contributed by atoms with Gasteiger partial charge < -0.3 is 20.1 Å². The third-order valence-corrected chi connectivity index (χ3v) is 5.92. The van der Waals surface area contributed by atoms with E-state index in [1.54, 1.807) is 12.4 Å². The van der Waals surface area contributed by atoms with Crippen LogP contribution < -0.4 is 20.1 Å². The van der Waals surface area contributed by atoms with Crippen molar-refractivity contribution >= 4 is 28.3 Å². The summed E-state index contributed by atoms with van der Waals surface area (Å²) in [7, 11) is 0. The average Bonchev–Trinajstić information content (AvgIpc) is 3.58. The van der Waals surface area contributed by atoms with Crippen molar-refractivity contribution in [3.8, 4) is 22.9 Å². The second kappa shape index (κ2) is 10.4. The third-order valence-electron chi connectivity index (χ3n) is 5.92. The first-order valence-electron chi connectivity index (χ1n) is 11.9. The SMILES string of the molecule is CCOc1ccc2nc(-c3cccc(OCC(=O)NC4CCCC4)c3)nc(Nc3cn[nH]c3)c2c1. The van der Waals surface area contributed by atoms with E-state index in [4.69, 9.17) is 19.4 Å². The molecule has 4 aromatic rings. The van der Waals surface area contributed by atoms with Crippen LogP contribution in [0.1, 0.15) is 32.6 Å². The van der Waals surface area contributed by atoms with Crippen molar-refractivity contribution in [3.05, 3.63) is 54.9 Å². The van der Waals surface area contributed by atoms with E-state index in [2.05, 4.69) is 20.8 Å². The van der Waals surface area contributed by atoms with Crippen LogP contribution in [0.3, 0.4) is 0 Å². The minimum atomic E-state index is -0.0963. The highest BCUT2D eigenvalue weighted by Gasteiger charge is 2.17.